The van der Waals surface area contributed by atoms with Gasteiger partial charge in [0.05, 0.1) is 27.9 Å². The standard InChI is InChI=1S/C24H27BrFN3O3S/c1-16-13-19-22(15-20(16)29(4)10-12-31-11-9-26)33-23(27-19)8-6-17-5-7-21(18(25)14-17)32-24(30)28(2)3/h5-8,13-15H,9-12H2,1-4H3. The normalized spacial score (nSPS) is 11.3. The molecule has 0 bridgehead atoms. The predicted molar refractivity (Wildman–Crippen MR) is 137 cm³/mol. The number of alkyl halides is 1. The van der Waals surface area contributed by atoms with E-state index >= 15 is 0 Å². The number of hydrogen-bond acceptors (Lipinski definition) is 6. The Balaban J connectivity index is 1.73. The molecule has 1 amide bonds. The molecule has 0 atom stereocenters. The Labute approximate surface area is 205 Å². The molecule has 0 unspecified atom stereocenters. The first-order chi connectivity index (χ1) is 15.8. The van der Waals surface area contributed by atoms with Crippen molar-refractivity contribution in [1.82, 2.24) is 9.88 Å². The van der Waals surface area contributed by atoms with E-state index in [4.69, 9.17) is 14.5 Å². The third-order valence-electron chi connectivity index (χ3n) is 4.86. The van der Waals surface area contributed by atoms with Crippen molar-refractivity contribution in [3.8, 4) is 5.75 Å². The van der Waals surface area contributed by atoms with Crippen LogP contribution in [0.3, 0.4) is 0 Å². The highest BCUT2D eigenvalue weighted by Crippen LogP contribution is 2.31. The fourth-order valence-electron chi connectivity index (χ4n) is 3.10. The van der Waals surface area contributed by atoms with Gasteiger partial charge >= 0.3 is 6.09 Å². The third kappa shape index (κ3) is 6.75. The Hall–Kier alpha value is -2.49. The number of carbonyl (C=O) groups excluding carboxylic acids is 1. The lowest BCUT2D eigenvalue weighted by molar-refractivity contribution is 0.125. The van der Waals surface area contributed by atoms with E-state index in [0.29, 0.717) is 23.4 Å². The Morgan fingerprint density at radius 1 is 1.18 bits per heavy atom. The van der Waals surface area contributed by atoms with Crippen LogP contribution in [0.25, 0.3) is 22.4 Å². The number of aryl methyl sites for hydroxylation is 1. The van der Waals surface area contributed by atoms with Crippen LogP contribution in [0, 0.1) is 6.92 Å². The second-order valence-corrected chi connectivity index (χ2v) is 9.58. The van der Waals surface area contributed by atoms with Gasteiger partial charge in [0.25, 0.3) is 0 Å². The average Bonchev–Trinajstić information content (AvgIpc) is 3.17. The molecule has 0 aliphatic carbocycles. The summed E-state index contributed by atoms with van der Waals surface area (Å²) < 4.78 is 24.6. The van der Waals surface area contributed by atoms with E-state index in [1.807, 2.05) is 31.3 Å². The van der Waals surface area contributed by atoms with Crippen LogP contribution >= 0.6 is 27.3 Å². The van der Waals surface area contributed by atoms with Crippen molar-refractivity contribution in [2.24, 2.45) is 0 Å². The summed E-state index contributed by atoms with van der Waals surface area (Å²) in [5.74, 6) is 0.466. The summed E-state index contributed by atoms with van der Waals surface area (Å²) in [5, 5.41) is 0.898. The molecule has 0 saturated heterocycles. The number of anilines is 1. The second-order valence-electron chi connectivity index (χ2n) is 7.67. The van der Waals surface area contributed by atoms with Crippen molar-refractivity contribution in [2.45, 2.75) is 6.92 Å². The van der Waals surface area contributed by atoms with Gasteiger partial charge in [0.15, 0.2) is 0 Å². The number of nitrogens with zero attached hydrogens (tertiary/aromatic N) is 3. The minimum atomic E-state index is -0.461. The topological polar surface area (TPSA) is 54.9 Å². The van der Waals surface area contributed by atoms with Crippen molar-refractivity contribution in [3.63, 3.8) is 0 Å². The first-order valence-electron chi connectivity index (χ1n) is 10.4. The van der Waals surface area contributed by atoms with E-state index in [1.165, 1.54) is 4.90 Å². The number of amides is 1. The maximum atomic E-state index is 12.2. The van der Waals surface area contributed by atoms with Gasteiger partial charge in [-0.2, -0.15) is 0 Å². The van der Waals surface area contributed by atoms with Crippen molar-refractivity contribution in [1.29, 1.82) is 0 Å². The number of fused-ring (bicyclic) bond motifs is 1. The first-order valence-corrected chi connectivity index (χ1v) is 12.0. The zero-order valence-corrected chi connectivity index (χ0v) is 21.5. The maximum absolute atomic E-state index is 12.2. The highest BCUT2D eigenvalue weighted by molar-refractivity contribution is 9.10. The monoisotopic (exact) mass is 535 g/mol. The number of hydrogen-bond donors (Lipinski definition) is 0. The van der Waals surface area contributed by atoms with E-state index in [9.17, 15) is 9.18 Å². The molecule has 0 radical (unpaired) electrons. The number of aromatic nitrogens is 1. The zero-order chi connectivity index (χ0) is 24.0. The number of benzene rings is 2. The van der Waals surface area contributed by atoms with Gasteiger partial charge in [0.2, 0.25) is 0 Å². The molecule has 3 rings (SSSR count). The number of likely N-dealkylation sites (N-methyl/N-ethyl adjacent to an activating group) is 1. The summed E-state index contributed by atoms with van der Waals surface area (Å²) >= 11 is 5.08. The Kier molecular flexibility index (Phi) is 8.82. The van der Waals surface area contributed by atoms with E-state index in [-0.39, 0.29) is 6.61 Å². The summed E-state index contributed by atoms with van der Waals surface area (Å²) in [4.78, 5) is 20.0. The molecule has 33 heavy (non-hydrogen) atoms. The molecular formula is C24H27BrFN3O3S. The average molecular weight is 536 g/mol. The molecule has 2 aromatic carbocycles. The van der Waals surface area contributed by atoms with Gasteiger partial charge in [-0.25, -0.2) is 14.2 Å². The molecule has 0 aliphatic rings. The summed E-state index contributed by atoms with van der Waals surface area (Å²) in [6.07, 6.45) is 3.52. The fraction of sp³-hybridized carbons (Fsp3) is 0.333. The van der Waals surface area contributed by atoms with Crippen molar-refractivity contribution >= 4 is 61.4 Å². The van der Waals surface area contributed by atoms with Gasteiger partial charge in [-0.15, -0.1) is 11.3 Å². The lowest BCUT2D eigenvalue weighted by Gasteiger charge is -2.21. The maximum Gasteiger partial charge on any atom is 0.414 e. The predicted octanol–water partition coefficient (Wildman–Crippen LogP) is 6.02. The molecule has 176 valence electrons. The molecular weight excluding hydrogens is 509 g/mol. The summed E-state index contributed by atoms with van der Waals surface area (Å²) in [6.45, 7) is 2.91. The summed E-state index contributed by atoms with van der Waals surface area (Å²) in [7, 11) is 5.28. The fourth-order valence-corrected chi connectivity index (χ4v) is 4.47. The van der Waals surface area contributed by atoms with E-state index in [1.54, 1.807) is 31.5 Å². The lowest BCUT2D eigenvalue weighted by atomic mass is 10.1. The van der Waals surface area contributed by atoms with Gasteiger partial charge < -0.3 is 19.3 Å². The zero-order valence-electron chi connectivity index (χ0n) is 19.1. The van der Waals surface area contributed by atoms with E-state index in [2.05, 4.69) is 39.9 Å². The number of halogens is 2. The third-order valence-corrected chi connectivity index (χ3v) is 6.47. The number of ether oxygens (including phenoxy) is 2. The minimum absolute atomic E-state index is 0.136. The number of carbonyl (C=O) groups is 1. The van der Waals surface area contributed by atoms with Gasteiger partial charge in [0, 0.05) is 33.4 Å². The van der Waals surface area contributed by atoms with Crippen LogP contribution in [0.4, 0.5) is 14.9 Å². The quantitative estimate of drug-likeness (QED) is 0.313. The second kappa shape index (κ2) is 11.6. The minimum Gasteiger partial charge on any atom is -0.409 e. The van der Waals surface area contributed by atoms with Gasteiger partial charge in [0.1, 0.15) is 17.4 Å². The Morgan fingerprint density at radius 3 is 2.67 bits per heavy atom. The summed E-state index contributed by atoms with van der Waals surface area (Å²) in [6, 6.07) is 9.76. The molecule has 0 N–H and O–H groups in total. The van der Waals surface area contributed by atoms with Crippen LogP contribution in [0.2, 0.25) is 0 Å². The highest BCUT2D eigenvalue weighted by Gasteiger charge is 2.11. The number of rotatable bonds is 9. The van der Waals surface area contributed by atoms with Crippen molar-refractivity contribution in [2.75, 3.05) is 52.5 Å². The van der Waals surface area contributed by atoms with Crippen LogP contribution in [0.15, 0.2) is 34.8 Å². The molecule has 1 heterocycles. The Bertz CT molecular complexity index is 1150. The molecule has 0 spiro atoms. The molecule has 3 aromatic rings. The smallest absolute Gasteiger partial charge is 0.409 e. The number of thiazole rings is 1. The largest absolute Gasteiger partial charge is 0.414 e. The van der Waals surface area contributed by atoms with Crippen molar-refractivity contribution < 1.29 is 18.7 Å². The van der Waals surface area contributed by atoms with Gasteiger partial charge in [-0.3, -0.25) is 0 Å². The van der Waals surface area contributed by atoms with Gasteiger partial charge in [-0.1, -0.05) is 12.1 Å². The molecule has 9 heteroatoms. The van der Waals surface area contributed by atoms with Crippen LogP contribution in [-0.2, 0) is 4.74 Å². The van der Waals surface area contributed by atoms with Crippen LogP contribution in [0.5, 0.6) is 5.75 Å². The molecule has 0 fully saturated rings. The summed E-state index contributed by atoms with van der Waals surface area (Å²) in [5.41, 5.74) is 4.14. The molecule has 1 aromatic heterocycles. The van der Waals surface area contributed by atoms with Crippen molar-refractivity contribution in [3.05, 3.63) is 50.9 Å². The Morgan fingerprint density at radius 2 is 1.97 bits per heavy atom. The lowest BCUT2D eigenvalue weighted by Crippen LogP contribution is -2.25. The molecule has 6 nitrogen and oxygen atoms in total. The SMILES string of the molecule is Cc1cc2nc(C=Cc3ccc(OC(=O)N(C)C)c(Br)c3)sc2cc1N(C)CCOCCF. The first kappa shape index (κ1) is 25.1. The van der Waals surface area contributed by atoms with Gasteiger partial charge in [-0.05, 0) is 64.3 Å². The molecule has 0 saturated carbocycles. The van der Waals surface area contributed by atoms with Crippen LogP contribution in [-0.4, -0.2) is 63.6 Å². The van der Waals surface area contributed by atoms with E-state index < -0.39 is 12.8 Å². The van der Waals surface area contributed by atoms with E-state index in [0.717, 1.165) is 32.0 Å². The highest BCUT2D eigenvalue weighted by atomic mass is 79.9. The molecule has 0 aliphatic heterocycles. The van der Waals surface area contributed by atoms with Crippen LogP contribution < -0.4 is 9.64 Å². The van der Waals surface area contributed by atoms with Crippen LogP contribution in [0.1, 0.15) is 16.1 Å².